The van der Waals surface area contributed by atoms with E-state index in [1.807, 2.05) is 0 Å². The van der Waals surface area contributed by atoms with E-state index >= 15 is 0 Å². The number of aromatic nitrogens is 3. The first-order chi connectivity index (χ1) is 10.6. The van der Waals surface area contributed by atoms with Gasteiger partial charge in [0.25, 0.3) is 0 Å². The molecule has 0 saturated carbocycles. The molecule has 0 aliphatic heterocycles. The van der Waals surface area contributed by atoms with Gasteiger partial charge >= 0.3 is 0 Å². The molecule has 0 radical (unpaired) electrons. The SMILES string of the molecule is CCC(CC)(CNC(C)c1ccc(-n2cncn2)cc1)OC. The molecule has 22 heavy (non-hydrogen) atoms. The van der Waals surface area contributed by atoms with Crippen molar-refractivity contribution in [1.82, 2.24) is 20.1 Å². The molecule has 0 spiro atoms. The zero-order chi connectivity index (χ0) is 16.0. The molecule has 1 atom stereocenters. The molecule has 120 valence electrons. The molecule has 0 aliphatic carbocycles. The first-order valence-electron chi connectivity index (χ1n) is 7.87. The summed E-state index contributed by atoms with van der Waals surface area (Å²) >= 11 is 0. The molecular formula is C17H26N4O. The van der Waals surface area contributed by atoms with Crippen LogP contribution in [0.4, 0.5) is 0 Å². The Bertz CT molecular complexity index is 538. The van der Waals surface area contributed by atoms with Crippen LogP contribution in [0.5, 0.6) is 0 Å². The summed E-state index contributed by atoms with van der Waals surface area (Å²) in [6.07, 6.45) is 5.25. The van der Waals surface area contributed by atoms with Gasteiger partial charge in [0, 0.05) is 19.7 Å². The molecule has 1 heterocycles. The lowest BCUT2D eigenvalue weighted by Gasteiger charge is -2.32. The number of rotatable bonds is 8. The van der Waals surface area contributed by atoms with Crippen molar-refractivity contribution in [1.29, 1.82) is 0 Å². The minimum atomic E-state index is -0.0745. The van der Waals surface area contributed by atoms with Crippen molar-refractivity contribution < 1.29 is 4.74 Å². The molecule has 1 unspecified atom stereocenters. The van der Waals surface area contributed by atoms with Crippen molar-refractivity contribution in [3.8, 4) is 5.69 Å². The number of methoxy groups -OCH3 is 1. The standard InChI is InChI=1S/C17H26N4O/c1-5-17(6-2,22-4)11-19-14(3)15-7-9-16(10-8-15)21-13-18-12-20-21/h7-10,12-14,19H,5-6,11H2,1-4H3. The highest BCUT2D eigenvalue weighted by Gasteiger charge is 2.25. The van der Waals surface area contributed by atoms with Gasteiger partial charge in [-0.3, -0.25) is 0 Å². The molecule has 0 aliphatic rings. The summed E-state index contributed by atoms with van der Waals surface area (Å²) in [4.78, 5) is 3.97. The van der Waals surface area contributed by atoms with Crippen LogP contribution in [0, 0.1) is 0 Å². The van der Waals surface area contributed by atoms with Gasteiger partial charge in [-0.2, -0.15) is 5.10 Å². The molecule has 1 aromatic heterocycles. The number of hydrogen-bond acceptors (Lipinski definition) is 4. The molecule has 1 N–H and O–H groups in total. The van der Waals surface area contributed by atoms with Crippen LogP contribution in [0.3, 0.4) is 0 Å². The fourth-order valence-electron chi connectivity index (χ4n) is 2.58. The number of nitrogens with one attached hydrogen (secondary N) is 1. The third-order valence-corrected chi connectivity index (χ3v) is 4.53. The van der Waals surface area contributed by atoms with Crippen LogP contribution >= 0.6 is 0 Å². The molecule has 0 fully saturated rings. The zero-order valence-electron chi connectivity index (χ0n) is 13.9. The van der Waals surface area contributed by atoms with Crippen molar-refractivity contribution in [2.24, 2.45) is 0 Å². The normalized spacial score (nSPS) is 13.3. The average molecular weight is 302 g/mol. The number of ether oxygens (including phenoxy) is 1. The van der Waals surface area contributed by atoms with Gasteiger partial charge < -0.3 is 10.1 Å². The minimum absolute atomic E-state index is 0.0745. The topological polar surface area (TPSA) is 52.0 Å². The van der Waals surface area contributed by atoms with Crippen molar-refractivity contribution in [3.63, 3.8) is 0 Å². The largest absolute Gasteiger partial charge is 0.377 e. The number of hydrogen-bond donors (Lipinski definition) is 1. The predicted octanol–water partition coefficient (Wildman–Crippen LogP) is 3.12. The van der Waals surface area contributed by atoms with Crippen LogP contribution < -0.4 is 5.32 Å². The third kappa shape index (κ3) is 3.72. The molecule has 0 bridgehead atoms. The summed E-state index contributed by atoms with van der Waals surface area (Å²) in [5.41, 5.74) is 2.19. The monoisotopic (exact) mass is 302 g/mol. The van der Waals surface area contributed by atoms with E-state index in [1.54, 1.807) is 18.1 Å². The maximum Gasteiger partial charge on any atom is 0.138 e. The van der Waals surface area contributed by atoms with Crippen LogP contribution in [-0.2, 0) is 4.74 Å². The first-order valence-corrected chi connectivity index (χ1v) is 7.87. The lowest BCUT2D eigenvalue weighted by molar-refractivity contribution is -0.0172. The highest BCUT2D eigenvalue weighted by atomic mass is 16.5. The quantitative estimate of drug-likeness (QED) is 0.814. The molecule has 1 aromatic carbocycles. The maximum absolute atomic E-state index is 5.71. The van der Waals surface area contributed by atoms with E-state index < -0.39 is 0 Å². The average Bonchev–Trinajstić information content (AvgIpc) is 3.11. The molecule has 2 rings (SSSR count). The van der Waals surface area contributed by atoms with Crippen LogP contribution in [0.15, 0.2) is 36.9 Å². The molecular weight excluding hydrogens is 276 g/mol. The summed E-state index contributed by atoms with van der Waals surface area (Å²) in [5.74, 6) is 0. The van der Waals surface area contributed by atoms with Gasteiger partial charge in [-0.25, -0.2) is 9.67 Å². The van der Waals surface area contributed by atoms with E-state index in [-0.39, 0.29) is 11.6 Å². The van der Waals surface area contributed by atoms with E-state index in [9.17, 15) is 0 Å². The van der Waals surface area contributed by atoms with Crippen molar-refractivity contribution in [2.75, 3.05) is 13.7 Å². The smallest absolute Gasteiger partial charge is 0.138 e. The van der Waals surface area contributed by atoms with Crippen LogP contribution in [0.1, 0.15) is 45.2 Å². The van der Waals surface area contributed by atoms with E-state index in [1.165, 1.54) is 11.9 Å². The van der Waals surface area contributed by atoms with Gasteiger partial charge in [0.15, 0.2) is 0 Å². The third-order valence-electron chi connectivity index (χ3n) is 4.53. The van der Waals surface area contributed by atoms with E-state index in [4.69, 9.17) is 4.74 Å². The van der Waals surface area contributed by atoms with E-state index in [2.05, 4.69) is 60.4 Å². The Morgan fingerprint density at radius 1 is 1.23 bits per heavy atom. The Hall–Kier alpha value is -1.72. The second kappa shape index (κ2) is 7.51. The molecule has 0 saturated heterocycles. The van der Waals surface area contributed by atoms with Crippen LogP contribution in [-0.4, -0.2) is 34.0 Å². The van der Waals surface area contributed by atoms with Gasteiger partial charge in [0.05, 0.1) is 11.3 Å². The Morgan fingerprint density at radius 2 is 1.91 bits per heavy atom. The molecule has 5 heteroatoms. The Balaban J connectivity index is 1.99. The second-order valence-corrected chi connectivity index (χ2v) is 5.63. The summed E-state index contributed by atoms with van der Waals surface area (Å²) in [7, 11) is 1.80. The lowest BCUT2D eigenvalue weighted by atomic mass is 9.96. The van der Waals surface area contributed by atoms with Gasteiger partial charge in [0.2, 0.25) is 0 Å². The number of nitrogens with zero attached hydrogens (tertiary/aromatic N) is 3. The Kier molecular flexibility index (Phi) is 5.69. The predicted molar refractivity (Wildman–Crippen MR) is 88.1 cm³/mol. The van der Waals surface area contributed by atoms with Crippen LogP contribution in [0.25, 0.3) is 5.69 Å². The zero-order valence-corrected chi connectivity index (χ0v) is 13.9. The maximum atomic E-state index is 5.71. The van der Waals surface area contributed by atoms with Gasteiger partial charge in [-0.05, 0) is 37.5 Å². The molecule has 2 aromatic rings. The van der Waals surface area contributed by atoms with Gasteiger partial charge in [-0.15, -0.1) is 0 Å². The van der Waals surface area contributed by atoms with Crippen molar-refractivity contribution in [3.05, 3.63) is 42.5 Å². The Morgan fingerprint density at radius 3 is 2.41 bits per heavy atom. The molecule has 0 amide bonds. The highest BCUT2D eigenvalue weighted by molar-refractivity contribution is 5.34. The fraction of sp³-hybridized carbons (Fsp3) is 0.529. The second-order valence-electron chi connectivity index (χ2n) is 5.63. The summed E-state index contributed by atoms with van der Waals surface area (Å²) in [6, 6.07) is 8.65. The number of benzene rings is 1. The Labute approximate surface area is 132 Å². The minimum Gasteiger partial charge on any atom is -0.377 e. The van der Waals surface area contributed by atoms with Crippen LogP contribution in [0.2, 0.25) is 0 Å². The fourth-order valence-corrected chi connectivity index (χ4v) is 2.58. The summed E-state index contributed by atoms with van der Waals surface area (Å²) < 4.78 is 7.47. The van der Waals surface area contributed by atoms with E-state index in [0.717, 1.165) is 25.1 Å². The summed E-state index contributed by atoms with van der Waals surface area (Å²) in [6.45, 7) is 7.37. The lowest BCUT2D eigenvalue weighted by Crippen LogP contribution is -2.42. The molecule has 5 nitrogen and oxygen atoms in total. The van der Waals surface area contributed by atoms with Gasteiger partial charge in [-0.1, -0.05) is 26.0 Å². The van der Waals surface area contributed by atoms with Gasteiger partial charge in [0.1, 0.15) is 12.7 Å². The van der Waals surface area contributed by atoms with E-state index in [0.29, 0.717) is 0 Å². The van der Waals surface area contributed by atoms with Crippen molar-refractivity contribution >= 4 is 0 Å². The first kappa shape index (κ1) is 16.6. The van der Waals surface area contributed by atoms with Crippen molar-refractivity contribution in [2.45, 2.75) is 45.3 Å². The highest BCUT2D eigenvalue weighted by Crippen LogP contribution is 2.21. The summed E-state index contributed by atoms with van der Waals surface area (Å²) in [5, 5.41) is 7.72.